The van der Waals surface area contributed by atoms with Crippen molar-refractivity contribution in [1.29, 1.82) is 0 Å². The van der Waals surface area contributed by atoms with Gasteiger partial charge in [-0.1, -0.05) is 17.7 Å². The molecule has 1 aromatic rings. The van der Waals surface area contributed by atoms with E-state index < -0.39 is 0 Å². The molecule has 0 aliphatic carbocycles. The highest BCUT2D eigenvalue weighted by Crippen LogP contribution is 2.25. The molecular formula is C17H28N2O. The predicted molar refractivity (Wildman–Crippen MR) is 84.0 cm³/mol. The lowest BCUT2D eigenvalue weighted by molar-refractivity contribution is 0.0817. The molecule has 0 spiro atoms. The van der Waals surface area contributed by atoms with Crippen molar-refractivity contribution in [2.45, 2.75) is 52.3 Å². The molecule has 0 bridgehead atoms. The Kier molecular flexibility index (Phi) is 4.84. The summed E-state index contributed by atoms with van der Waals surface area (Å²) in [5, 5.41) is 0. The van der Waals surface area contributed by atoms with Gasteiger partial charge in [0.05, 0.1) is 6.10 Å². The van der Waals surface area contributed by atoms with Crippen molar-refractivity contribution in [1.82, 2.24) is 4.90 Å². The van der Waals surface area contributed by atoms with Gasteiger partial charge in [-0.25, -0.2) is 0 Å². The standard InChI is InChI=1S/C17H28N2O/c1-11-8-12(2)17(13(3)9-11)15(18)10-19(5)16-6-7-20-14(16)4/h8-9,14-16H,6-7,10,18H2,1-5H3. The lowest BCUT2D eigenvalue weighted by Gasteiger charge is -2.30. The minimum Gasteiger partial charge on any atom is -0.377 e. The van der Waals surface area contributed by atoms with Gasteiger partial charge in [0.25, 0.3) is 0 Å². The smallest absolute Gasteiger partial charge is 0.0702 e. The van der Waals surface area contributed by atoms with E-state index in [1.54, 1.807) is 0 Å². The molecule has 3 nitrogen and oxygen atoms in total. The predicted octanol–water partition coefficient (Wildman–Crippen LogP) is 2.72. The van der Waals surface area contributed by atoms with E-state index in [0.29, 0.717) is 12.1 Å². The van der Waals surface area contributed by atoms with Crippen LogP contribution in [0.2, 0.25) is 0 Å². The van der Waals surface area contributed by atoms with E-state index in [4.69, 9.17) is 10.5 Å². The molecule has 2 rings (SSSR count). The molecule has 1 saturated heterocycles. The Hall–Kier alpha value is -0.900. The second kappa shape index (κ2) is 6.25. The van der Waals surface area contributed by atoms with Crippen LogP contribution in [0.3, 0.4) is 0 Å². The fourth-order valence-corrected chi connectivity index (χ4v) is 3.61. The van der Waals surface area contributed by atoms with Gasteiger partial charge >= 0.3 is 0 Å². The minimum absolute atomic E-state index is 0.0633. The molecule has 0 aromatic heterocycles. The first-order valence-electron chi connectivity index (χ1n) is 7.55. The summed E-state index contributed by atoms with van der Waals surface area (Å²) < 4.78 is 5.65. The highest BCUT2D eigenvalue weighted by molar-refractivity contribution is 5.39. The molecule has 20 heavy (non-hydrogen) atoms. The monoisotopic (exact) mass is 276 g/mol. The van der Waals surface area contributed by atoms with Crippen LogP contribution in [0.15, 0.2) is 12.1 Å². The quantitative estimate of drug-likeness (QED) is 0.919. The molecule has 1 fully saturated rings. The van der Waals surface area contributed by atoms with Gasteiger partial charge in [-0.05, 0) is 57.9 Å². The number of ether oxygens (including phenoxy) is 1. The van der Waals surface area contributed by atoms with E-state index in [2.05, 4.69) is 51.8 Å². The summed E-state index contributed by atoms with van der Waals surface area (Å²) >= 11 is 0. The average Bonchev–Trinajstić information content (AvgIpc) is 2.73. The summed E-state index contributed by atoms with van der Waals surface area (Å²) in [4.78, 5) is 2.36. The number of nitrogens with two attached hydrogens (primary N) is 1. The van der Waals surface area contributed by atoms with Crippen molar-refractivity contribution < 1.29 is 4.74 Å². The van der Waals surface area contributed by atoms with Gasteiger partial charge in [0, 0.05) is 25.2 Å². The third-order valence-corrected chi connectivity index (χ3v) is 4.50. The normalized spacial score (nSPS) is 24.4. The van der Waals surface area contributed by atoms with Crippen LogP contribution >= 0.6 is 0 Å². The van der Waals surface area contributed by atoms with Crippen LogP contribution in [0.1, 0.15) is 41.6 Å². The van der Waals surface area contributed by atoms with Crippen LogP contribution < -0.4 is 5.73 Å². The zero-order valence-corrected chi connectivity index (χ0v) is 13.4. The van der Waals surface area contributed by atoms with E-state index in [1.165, 1.54) is 22.3 Å². The second-order valence-electron chi connectivity index (χ2n) is 6.29. The first-order chi connectivity index (χ1) is 9.40. The van der Waals surface area contributed by atoms with E-state index in [1.807, 2.05) is 0 Å². The largest absolute Gasteiger partial charge is 0.377 e. The zero-order chi connectivity index (χ0) is 14.9. The molecule has 0 radical (unpaired) electrons. The van der Waals surface area contributed by atoms with Gasteiger partial charge in [-0.2, -0.15) is 0 Å². The lowest BCUT2D eigenvalue weighted by atomic mass is 9.94. The summed E-state index contributed by atoms with van der Waals surface area (Å²) in [6.07, 6.45) is 1.42. The Morgan fingerprint density at radius 1 is 1.30 bits per heavy atom. The Balaban J connectivity index is 2.10. The third-order valence-electron chi connectivity index (χ3n) is 4.50. The van der Waals surface area contributed by atoms with Gasteiger partial charge < -0.3 is 10.5 Å². The highest BCUT2D eigenvalue weighted by atomic mass is 16.5. The number of rotatable bonds is 4. The Morgan fingerprint density at radius 2 is 1.90 bits per heavy atom. The summed E-state index contributed by atoms with van der Waals surface area (Å²) in [6, 6.07) is 5.01. The van der Waals surface area contributed by atoms with Crippen LogP contribution in [-0.4, -0.2) is 37.2 Å². The van der Waals surface area contributed by atoms with Crippen molar-refractivity contribution in [2.75, 3.05) is 20.2 Å². The summed E-state index contributed by atoms with van der Waals surface area (Å²) in [5.41, 5.74) is 11.7. The Labute approximate surface area is 123 Å². The number of nitrogens with zero attached hydrogens (tertiary/aromatic N) is 1. The van der Waals surface area contributed by atoms with Crippen molar-refractivity contribution >= 4 is 0 Å². The van der Waals surface area contributed by atoms with Crippen LogP contribution in [0.25, 0.3) is 0 Å². The molecule has 1 aromatic carbocycles. The molecule has 1 aliphatic heterocycles. The first kappa shape index (κ1) is 15.5. The van der Waals surface area contributed by atoms with E-state index in [0.717, 1.165) is 19.6 Å². The zero-order valence-electron chi connectivity index (χ0n) is 13.4. The van der Waals surface area contributed by atoms with Gasteiger partial charge in [0.15, 0.2) is 0 Å². The molecule has 112 valence electrons. The number of benzene rings is 1. The third kappa shape index (κ3) is 3.22. The van der Waals surface area contributed by atoms with Crippen LogP contribution in [0, 0.1) is 20.8 Å². The molecule has 1 aliphatic rings. The molecule has 3 unspecified atom stereocenters. The maximum Gasteiger partial charge on any atom is 0.0702 e. The molecule has 3 atom stereocenters. The molecular weight excluding hydrogens is 248 g/mol. The fourth-order valence-electron chi connectivity index (χ4n) is 3.61. The van der Waals surface area contributed by atoms with Crippen molar-refractivity contribution in [2.24, 2.45) is 5.73 Å². The van der Waals surface area contributed by atoms with Crippen molar-refractivity contribution in [3.05, 3.63) is 34.4 Å². The SMILES string of the molecule is Cc1cc(C)c(C(N)CN(C)C2CCOC2C)c(C)c1. The van der Waals surface area contributed by atoms with Crippen LogP contribution in [0.4, 0.5) is 0 Å². The maximum absolute atomic E-state index is 6.48. The van der Waals surface area contributed by atoms with E-state index >= 15 is 0 Å². The number of hydrogen-bond donors (Lipinski definition) is 1. The number of aryl methyl sites for hydroxylation is 3. The first-order valence-corrected chi connectivity index (χ1v) is 7.55. The van der Waals surface area contributed by atoms with Crippen LogP contribution in [0.5, 0.6) is 0 Å². The topological polar surface area (TPSA) is 38.5 Å². The highest BCUT2D eigenvalue weighted by Gasteiger charge is 2.29. The van der Waals surface area contributed by atoms with Gasteiger partial charge in [-0.15, -0.1) is 0 Å². The summed E-state index contributed by atoms with van der Waals surface area (Å²) in [7, 11) is 2.16. The molecule has 0 saturated carbocycles. The van der Waals surface area contributed by atoms with Crippen molar-refractivity contribution in [3.63, 3.8) is 0 Å². The van der Waals surface area contributed by atoms with Crippen LogP contribution in [-0.2, 0) is 4.74 Å². The molecule has 3 heteroatoms. The summed E-state index contributed by atoms with van der Waals surface area (Å²) in [5.74, 6) is 0. The average molecular weight is 276 g/mol. The van der Waals surface area contributed by atoms with Gasteiger partial charge in [-0.3, -0.25) is 4.90 Å². The van der Waals surface area contributed by atoms with Gasteiger partial charge in [0.1, 0.15) is 0 Å². The molecule has 2 N–H and O–H groups in total. The maximum atomic E-state index is 6.48. The van der Waals surface area contributed by atoms with Crippen molar-refractivity contribution in [3.8, 4) is 0 Å². The Bertz CT molecular complexity index is 449. The lowest BCUT2D eigenvalue weighted by Crippen LogP contribution is -2.41. The van der Waals surface area contributed by atoms with E-state index in [9.17, 15) is 0 Å². The second-order valence-corrected chi connectivity index (χ2v) is 6.29. The Morgan fingerprint density at radius 3 is 2.40 bits per heavy atom. The number of likely N-dealkylation sites (N-methyl/N-ethyl adjacent to an activating group) is 1. The fraction of sp³-hybridized carbons (Fsp3) is 0.647. The number of hydrogen-bond acceptors (Lipinski definition) is 3. The van der Waals surface area contributed by atoms with E-state index in [-0.39, 0.29) is 6.04 Å². The summed E-state index contributed by atoms with van der Waals surface area (Å²) in [6.45, 7) is 10.4. The molecule has 1 heterocycles. The van der Waals surface area contributed by atoms with Gasteiger partial charge in [0.2, 0.25) is 0 Å². The molecule has 0 amide bonds. The minimum atomic E-state index is 0.0633.